The highest BCUT2D eigenvalue weighted by molar-refractivity contribution is 5.11. The van der Waals surface area contributed by atoms with Gasteiger partial charge in [-0.3, -0.25) is 0 Å². The van der Waals surface area contributed by atoms with Crippen LogP contribution in [0.15, 0.2) is 12.2 Å². The smallest absolute Gasteiger partial charge is 0.371 e. The van der Waals surface area contributed by atoms with Crippen LogP contribution in [0.25, 0.3) is 0 Å². The molecular weight excluding hydrogens is 474 g/mol. The lowest BCUT2D eigenvalue weighted by Crippen LogP contribution is -2.63. The van der Waals surface area contributed by atoms with E-state index in [1.165, 1.54) is 6.08 Å². The van der Waals surface area contributed by atoms with Crippen LogP contribution >= 0.6 is 0 Å². The highest BCUT2D eigenvalue weighted by Gasteiger charge is 2.80. The highest BCUT2D eigenvalue weighted by atomic mass is 19.4. The summed E-state index contributed by atoms with van der Waals surface area (Å²) in [6.45, 7) is -2.41. The molecule has 0 aromatic rings. The zero-order chi connectivity index (χ0) is 24.3. The maximum atomic E-state index is 13.8. The highest BCUT2D eigenvalue weighted by Crippen LogP contribution is 2.56. The van der Waals surface area contributed by atoms with E-state index in [1.54, 1.807) is 6.08 Å². The van der Waals surface area contributed by atoms with Crippen molar-refractivity contribution in [2.75, 3.05) is 6.61 Å². The fourth-order valence-electron chi connectivity index (χ4n) is 3.37. The number of rotatable bonds is 10. The van der Waals surface area contributed by atoms with Crippen molar-refractivity contribution in [3.05, 3.63) is 12.2 Å². The topological polar surface area (TPSA) is 9.23 Å². The quantitative estimate of drug-likeness (QED) is 0.254. The molecule has 3 atom stereocenters. The third-order valence-electron chi connectivity index (χ3n) is 5.21. The molecule has 1 nitrogen and oxygen atoms in total. The summed E-state index contributed by atoms with van der Waals surface area (Å²) in [6, 6.07) is 0. The van der Waals surface area contributed by atoms with E-state index < -0.39 is 67.0 Å². The van der Waals surface area contributed by atoms with Crippen LogP contribution in [0.1, 0.15) is 19.3 Å². The number of ether oxygens (including phenoxy) is 1. The molecule has 0 radical (unpaired) electrons. The Hall–Kier alpha value is -1.28. The normalized spacial score (nSPS) is 25.7. The maximum Gasteiger partial charge on any atom is 0.378 e. The third kappa shape index (κ3) is 4.22. The van der Waals surface area contributed by atoms with E-state index in [9.17, 15) is 61.5 Å². The van der Waals surface area contributed by atoms with Gasteiger partial charge in [-0.1, -0.05) is 12.2 Å². The molecule has 2 aliphatic rings. The van der Waals surface area contributed by atoms with Crippen LogP contribution in [-0.2, 0) is 4.74 Å². The van der Waals surface area contributed by atoms with Crippen molar-refractivity contribution >= 4 is 0 Å². The van der Waals surface area contributed by atoms with Crippen molar-refractivity contribution in [3.8, 4) is 0 Å². The minimum atomic E-state index is -7.26. The fourth-order valence-corrected chi connectivity index (χ4v) is 3.37. The zero-order valence-corrected chi connectivity index (χ0v) is 15.0. The molecule has 0 N–H and O–H groups in total. The molecule has 0 aliphatic heterocycles. The summed E-state index contributed by atoms with van der Waals surface area (Å²) in [5, 5.41) is 0. The Morgan fingerprint density at radius 1 is 0.710 bits per heavy atom. The molecule has 0 amide bonds. The van der Waals surface area contributed by atoms with Gasteiger partial charge in [-0.25, -0.2) is 8.78 Å². The SMILES string of the molecule is FC(F)C(F)(F)C(F)(F)C(F)(F)CC(F)(F)C(F)(F)C(F)(F)COC1CC2C=CC1C2. The maximum absolute atomic E-state index is 13.8. The number of allylic oxidation sites excluding steroid dienone is 1. The average molecular weight is 488 g/mol. The lowest BCUT2D eigenvalue weighted by molar-refractivity contribution is -0.373. The van der Waals surface area contributed by atoms with E-state index in [-0.39, 0.29) is 12.3 Å². The summed E-state index contributed by atoms with van der Waals surface area (Å²) in [6.07, 6.45) is -7.11. The van der Waals surface area contributed by atoms with Gasteiger partial charge in [0.05, 0.1) is 12.5 Å². The van der Waals surface area contributed by atoms with Gasteiger partial charge in [0.1, 0.15) is 6.61 Å². The molecule has 2 bridgehead atoms. The van der Waals surface area contributed by atoms with Crippen molar-refractivity contribution in [1.29, 1.82) is 0 Å². The van der Waals surface area contributed by atoms with E-state index >= 15 is 0 Å². The van der Waals surface area contributed by atoms with Gasteiger partial charge in [-0.05, 0) is 18.8 Å². The summed E-state index contributed by atoms with van der Waals surface area (Å²) in [7, 11) is 0. The van der Waals surface area contributed by atoms with Gasteiger partial charge in [0, 0.05) is 5.92 Å². The van der Waals surface area contributed by atoms with Gasteiger partial charge in [-0.2, -0.15) is 52.7 Å². The summed E-state index contributed by atoms with van der Waals surface area (Å²) >= 11 is 0. The first-order valence-corrected chi connectivity index (χ1v) is 8.54. The molecule has 182 valence electrons. The van der Waals surface area contributed by atoms with Crippen molar-refractivity contribution < 1.29 is 66.2 Å². The summed E-state index contributed by atoms with van der Waals surface area (Å²) < 4.78 is 189. The Bertz CT molecular complexity index is 686. The predicted octanol–water partition coefficient (Wildman–Crippen LogP) is 6.43. The van der Waals surface area contributed by atoms with Gasteiger partial charge < -0.3 is 4.74 Å². The molecule has 15 heteroatoms. The zero-order valence-electron chi connectivity index (χ0n) is 15.0. The number of fused-ring (bicyclic) bond motifs is 2. The van der Waals surface area contributed by atoms with E-state index in [2.05, 4.69) is 4.74 Å². The van der Waals surface area contributed by atoms with E-state index in [0.29, 0.717) is 6.42 Å². The molecule has 0 saturated heterocycles. The molecule has 0 aromatic heterocycles. The Morgan fingerprint density at radius 2 is 1.23 bits per heavy atom. The Labute approximate surface area is 165 Å². The average Bonchev–Trinajstić information content (AvgIpc) is 3.21. The van der Waals surface area contributed by atoms with Crippen LogP contribution < -0.4 is 0 Å². The van der Waals surface area contributed by atoms with Gasteiger partial charge in [-0.15, -0.1) is 0 Å². The van der Waals surface area contributed by atoms with Gasteiger partial charge in [0.15, 0.2) is 0 Å². The molecule has 0 spiro atoms. The second-order valence-electron chi connectivity index (χ2n) is 7.49. The van der Waals surface area contributed by atoms with Gasteiger partial charge in [0.25, 0.3) is 0 Å². The monoisotopic (exact) mass is 488 g/mol. The number of hydrogen-bond donors (Lipinski definition) is 0. The van der Waals surface area contributed by atoms with E-state index in [0.717, 1.165) is 0 Å². The predicted molar refractivity (Wildman–Crippen MR) is 75.4 cm³/mol. The molecule has 0 aromatic carbocycles. The van der Waals surface area contributed by atoms with Crippen molar-refractivity contribution in [2.45, 2.75) is 67.3 Å². The van der Waals surface area contributed by atoms with Crippen molar-refractivity contribution in [3.63, 3.8) is 0 Å². The summed E-state index contributed by atoms with van der Waals surface area (Å²) in [4.78, 5) is 0. The van der Waals surface area contributed by atoms with Gasteiger partial charge in [0.2, 0.25) is 0 Å². The first kappa shape index (κ1) is 26.0. The summed E-state index contributed by atoms with van der Waals surface area (Å²) in [5.41, 5.74) is 0. The third-order valence-corrected chi connectivity index (χ3v) is 5.21. The van der Waals surface area contributed by atoms with Crippen LogP contribution in [0, 0.1) is 11.8 Å². The van der Waals surface area contributed by atoms with Gasteiger partial charge >= 0.3 is 42.0 Å². The van der Waals surface area contributed by atoms with E-state index in [4.69, 9.17) is 0 Å². The first-order valence-electron chi connectivity index (χ1n) is 8.54. The van der Waals surface area contributed by atoms with Crippen LogP contribution in [0.4, 0.5) is 61.5 Å². The summed E-state index contributed by atoms with van der Waals surface area (Å²) in [5.74, 6) is -41.0. The molecule has 0 heterocycles. The van der Waals surface area contributed by atoms with E-state index in [1.807, 2.05) is 0 Å². The standard InChI is InChI=1S/C16H14F14O/c17-10(18)14(25,26)16(29,30)12(21,22)5-11(19,20)15(27,28)13(23,24)6-31-9-4-7-1-2-8(9)3-7/h1-2,7-10H,3-6H2. The second-order valence-corrected chi connectivity index (χ2v) is 7.49. The lowest BCUT2D eigenvalue weighted by atomic mass is 9.93. The largest absolute Gasteiger partial charge is 0.378 e. The molecule has 2 aliphatic carbocycles. The Morgan fingerprint density at radius 3 is 1.65 bits per heavy atom. The minimum Gasteiger partial charge on any atom is -0.371 e. The molecule has 1 saturated carbocycles. The van der Waals surface area contributed by atoms with Crippen LogP contribution in [0.5, 0.6) is 0 Å². The molecule has 31 heavy (non-hydrogen) atoms. The molecule has 3 unspecified atom stereocenters. The number of halogens is 14. The second kappa shape index (κ2) is 7.65. The Balaban J connectivity index is 2.18. The number of alkyl halides is 14. The Kier molecular flexibility index (Phi) is 6.41. The van der Waals surface area contributed by atoms with Crippen LogP contribution in [0.3, 0.4) is 0 Å². The van der Waals surface area contributed by atoms with Crippen molar-refractivity contribution in [2.24, 2.45) is 11.8 Å². The van der Waals surface area contributed by atoms with Crippen LogP contribution in [0.2, 0.25) is 0 Å². The minimum absolute atomic E-state index is 0.0895. The molecule has 2 rings (SSSR count). The first-order chi connectivity index (χ1) is 13.7. The fraction of sp³-hybridized carbons (Fsp3) is 0.875. The number of hydrogen-bond acceptors (Lipinski definition) is 1. The lowest BCUT2D eigenvalue weighted by Gasteiger charge is -2.38. The molecular formula is C16H14F14O. The van der Waals surface area contributed by atoms with Crippen LogP contribution in [-0.4, -0.2) is 54.7 Å². The molecule has 1 fully saturated rings. The van der Waals surface area contributed by atoms with Crippen molar-refractivity contribution in [1.82, 2.24) is 0 Å².